The van der Waals surface area contributed by atoms with E-state index in [4.69, 9.17) is 11.6 Å². The molecule has 3 heteroatoms. The summed E-state index contributed by atoms with van der Waals surface area (Å²) in [6.45, 7) is 0. The number of hydrogen-bond acceptors (Lipinski definition) is 1. The molecule has 0 bridgehead atoms. The highest BCUT2D eigenvalue weighted by Crippen LogP contribution is 2.38. The van der Waals surface area contributed by atoms with Crippen molar-refractivity contribution in [2.45, 2.75) is 0 Å². The fourth-order valence-corrected chi connectivity index (χ4v) is 4.13. The Labute approximate surface area is 179 Å². The molecule has 0 fully saturated rings. The molecule has 2 nitrogen and oxygen atoms in total. The van der Waals surface area contributed by atoms with Gasteiger partial charge in [-0.15, -0.1) is 0 Å². The molecule has 5 rings (SSSR count). The maximum Gasteiger partial charge on any atom is 0.263 e. The number of aromatic nitrogens is 1. The lowest BCUT2D eigenvalue weighted by atomic mass is 9.93. The molecule has 4 aromatic carbocycles. The van der Waals surface area contributed by atoms with Gasteiger partial charge >= 0.3 is 0 Å². The number of para-hydroxylation sites is 1. The van der Waals surface area contributed by atoms with Crippen LogP contribution >= 0.6 is 11.6 Å². The lowest BCUT2D eigenvalue weighted by Crippen LogP contribution is -2.21. The first-order valence-electron chi connectivity index (χ1n) is 9.78. The predicted molar refractivity (Wildman–Crippen MR) is 125 cm³/mol. The number of hydrogen-bond donors (Lipinski definition) is 0. The van der Waals surface area contributed by atoms with Gasteiger partial charge in [0.15, 0.2) is 0 Å². The molecule has 0 N–H and O–H groups in total. The molecule has 0 saturated carbocycles. The molecule has 0 aliphatic heterocycles. The Balaban J connectivity index is 2.05. The lowest BCUT2D eigenvalue weighted by molar-refractivity contribution is 1.02. The summed E-state index contributed by atoms with van der Waals surface area (Å²) in [5, 5.41) is 2.04. The highest BCUT2D eigenvalue weighted by molar-refractivity contribution is 6.31. The zero-order chi connectivity index (χ0) is 20.5. The molecule has 0 aliphatic carbocycles. The number of rotatable bonds is 3. The van der Waals surface area contributed by atoms with E-state index in [0.29, 0.717) is 10.4 Å². The van der Waals surface area contributed by atoms with Crippen LogP contribution in [0.25, 0.3) is 38.8 Å². The van der Waals surface area contributed by atoms with Gasteiger partial charge in [-0.05, 0) is 40.8 Å². The molecule has 0 radical (unpaired) electrons. The topological polar surface area (TPSA) is 22.0 Å². The molecular weight excluding hydrogens is 390 g/mol. The van der Waals surface area contributed by atoms with E-state index in [-0.39, 0.29) is 5.56 Å². The van der Waals surface area contributed by atoms with Gasteiger partial charge in [-0.2, -0.15) is 0 Å². The molecule has 0 atom stereocenters. The molecule has 1 aromatic heterocycles. The SMILES string of the molecule is O=c1c2cc(Cl)ccc2c(-c2ccccc2)c(-c2ccccc2)n1-c1ccccc1. The van der Waals surface area contributed by atoms with Gasteiger partial charge in [-0.1, -0.05) is 96.5 Å². The second kappa shape index (κ2) is 7.66. The van der Waals surface area contributed by atoms with Gasteiger partial charge in [-0.25, -0.2) is 0 Å². The average Bonchev–Trinajstić information content (AvgIpc) is 2.81. The second-order valence-electron chi connectivity index (χ2n) is 7.12. The number of benzene rings is 4. The smallest absolute Gasteiger partial charge is 0.263 e. The molecule has 0 aliphatic rings. The van der Waals surface area contributed by atoms with Crippen LogP contribution in [-0.2, 0) is 0 Å². The van der Waals surface area contributed by atoms with Crippen molar-refractivity contribution in [1.29, 1.82) is 0 Å². The Hall–Kier alpha value is -3.62. The van der Waals surface area contributed by atoms with Crippen molar-refractivity contribution in [3.05, 3.63) is 125 Å². The molecule has 5 aromatic rings. The Bertz CT molecular complexity index is 1390. The van der Waals surface area contributed by atoms with Crippen LogP contribution in [0.4, 0.5) is 0 Å². The quantitative estimate of drug-likeness (QED) is 0.316. The first-order valence-corrected chi connectivity index (χ1v) is 10.2. The number of pyridine rings is 1. The molecular formula is C27H18ClNO. The number of fused-ring (bicyclic) bond motifs is 1. The minimum atomic E-state index is -0.0859. The Morgan fingerprint density at radius 3 is 1.80 bits per heavy atom. The second-order valence-corrected chi connectivity index (χ2v) is 7.56. The summed E-state index contributed by atoms with van der Waals surface area (Å²) in [5.74, 6) is 0. The van der Waals surface area contributed by atoms with E-state index in [9.17, 15) is 4.79 Å². The van der Waals surface area contributed by atoms with E-state index in [2.05, 4.69) is 12.1 Å². The van der Waals surface area contributed by atoms with Gasteiger partial charge in [0.2, 0.25) is 0 Å². The van der Waals surface area contributed by atoms with Gasteiger partial charge in [0.1, 0.15) is 0 Å². The molecule has 1 heterocycles. The van der Waals surface area contributed by atoms with Gasteiger partial charge < -0.3 is 0 Å². The normalized spacial score (nSPS) is 11.0. The zero-order valence-corrected chi connectivity index (χ0v) is 16.9. The van der Waals surface area contributed by atoms with Crippen molar-refractivity contribution < 1.29 is 0 Å². The Morgan fingerprint density at radius 1 is 0.600 bits per heavy atom. The summed E-state index contributed by atoms with van der Waals surface area (Å²) in [6, 6.07) is 35.6. The highest BCUT2D eigenvalue weighted by atomic mass is 35.5. The fourth-order valence-electron chi connectivity index (χ4n) is 3.96. The summed E-state index contributed by atoms with van der Waals surface area (Å²) in [4.78, 5) is 13.8. The third-order valence-corrected chi connectivity index (χ3v) is 5.50. The highest BCUT2D eigenvalue weighted by Gasteiger charge is 2.20. The van der Waals surface area contributed by atoms with E-state index in [0.717, 1.165) is 33.5 Å². The predicted octanol–water partition coefficient (Wildman–Crippen LogP) is 6.98. The summed E-state index contributed by atoms with van der Waals surface area (Å²) in [6.07, 6.45) is 0. The summed E-state index contributed by atoms with van der Waals surface area (Å²) < 4.78 is 1.80. The van der Waals surface area contributed by atoms with Crippen LogP contribution in [0.5, 0.6) is 0 Å². The van der Waals surface area contributed by atoms with Crippen molar-refractivity contribution in [1.82, 2.24) is 4.57 Å². The summed E-state index contributed by atoms with van der Waals surface area (Å²) in [7, 11) is 0. The Morgan fingerprint density at radius 2 is 1.17 bits per heavy atom. The van der Waals surface area contributed by atoms with Crippen LogP contribution in [-0.4, -0.2) is 4.57 Å². The van der Waals surface area contributed by atoms with E-state index >= 15 is 0 Å². The third kappa shape index (κ3) is 3.12. The Kier molecular flexibility index (Phi) is 4.70. The van der Waals surface area contributed by atoms with Gasteiger partial charge in [0, 0.05) is 21.7 Å². The molecule has 0 unspecified atom stereocenters. The third-order valence-electron chi connectivity index (χ3n) is 5.27. The van der Waals surface area contributed by atoms with Crippen molar-refractivity contribution in [3.63, 3.8) is 0 Å². The van der Waals surface area contributed by atoms with Gasteiger partial charge in [0.05, 0.1) is 5.69 Å². The minimum absolute atomic E-state index is 0.0859. The van der Waals surface area contributed by atoms with Crippen LogP contribution in [0.2, 0.25) is 5.02 Å². The molecule has 0 amide bonds. The van der Waals surface area contributed by atoms with E-state index in [1.807, 2.05) is 91.0 Å². The van der Waals surface area contributed by atoms with Crippen molar-refractivity contribution in [2.75, 3.05) is 0 Å². The van der Waals surface area contributed by atoms with Crippen molar-refractivity contribution in [2.24, 2.45) is 0 Å². The summed E-state index contributed by atoms with van der Waals surface area (Å²) in [5.41, 5.74) is 4.64. The van der Waals surface area contributed by atoms with Gasteiger partial charge in [0.25, 0.3) is 5.56 Å². The van der Waals surface area contributed by atoms with Crippen LogP contribution < -0.4 is 5.56 Å². The monoisotopic (exact) mass is 407 g/mol. The fraction of sp³-hybridized carbons (Fsp3) is 0. The van der Waals surface area contributed by atoms with Crippen LogP contribution in [0.1, 0.15) is 0 Å². The molecule has 0 spiro atoms. The van der Waals surface area contributed by atoms with Crippen LogP contribution in [0.3, 0.4) is 0 Å². The number of nitrogens with zero attached hydrogens (tertiary/aromatic N) is 1. The minimum Gasteiger partial charge on any atom is -0.276 e. The number of halogens is 1. The largest absolute Gasteiger partial charge is 0.276 e. The van der Waals surface area contributed by atoms with E-state index in [1.165, 1.54) is 0 Å². The van der Waals surface area contributed by atoms with Crippen LogP contribution in [0.15, 0.2) is 114 Å². The first-order chi connectivity index (χ1) is 14.7. The lowest BCUT2D eigenvalue weighted by Gasteiger charge is -2.21. The van der Waals surface area contributed by atoms with Gasteiger partial charge in [-0.3, -0.25) is 9.36 Å². The van der Waals surface area contributed by atoms with Crippen molar-refractivity contribution in [3.8, 4) is 28.1 Å². The van der Waals surface area contributed by atoms with Crippen LogP contribution in [0, 0.1) is 0 Å². The molecule has 30 heavy (non-hydrogen) atoms. The zero-order valence-electron chi connectivity index (χ0n) is 16.1. The average molecular weight is 408 g/mol. The van der Waals surface area contributed by atoms with E-state index < -0.39 is 0 Å². The standard InChI is InChI=1S/C27H18ClNO/c28-21-16-17-23-24(18-21)27(30)29(22-14-8-3-9-15-22)26(20-12-6-2-7-13-20)25(23)19-10-4-1-5-11-19/h1-18H. The molecule has 144 valence electrons. The van der Waals surface area contributed by atoms with Crippen molar-refractivity contribution >= 4 is 22.4 Å². The summed E-state index contributed by atoms with van der Waals surface area (Å²) >= 11 is 6.30. The maximum absolute atomic E-state index is 13.8. The maximum atomic E-state index is 13.8. The van der Waals surface area contributed by atoms with E-state index in [1.54, 1.807) is 10.6 Å². The first kappa shape index (κ1) is 18.4. The molecule has 0 saturated heterocycles.